The minimum Gasteiger partial charge on any atom is -0.481 e. The van der Waals surface area contributed by atoms with E-state index in [4.69, 9.17) is 4.74 Å². The van der Waals surface area contributed by atoms with Crippen molar-refractivity contribution >= 4 is 16.9 Å². The van der Waals surface area contributed by atoms with Crippen molar-refractivity contribution in [1.82, 2.24) is 30.0 Å². The van der Waals surface area contributed by atoms with Gasteiger partial charge in [-0.1, -0.05) is 6.07 Å². The van der Waals surface area contributed by atoms with Crippen LogP contribution >= 0.6 is 0 Å². The minimum atomic E-state index is 0.662. The van der Waals surface area contributed by atoms with Gasteiger partial charge in [0, 0.05) is 38.8 Å². The highest BCUT2D eigenvalue weighted by molar-refractivity contribution is 5.86. The molecule has 0 radical (unpaired) electrons. The third-order valence-corrected chi connectivity index (χ3v) is 4.27. The van der Waals surface area contributed by atoms with E-state index in [1.165, 1.54) is 0 Å². The highest BCUT2D eigenvalue weighted by atomic mass is 16.5. The lowest BCUT2D eigenvalue weighted by molar-refractivity contribution is 0.245. The van der Waals surface area contributed by atoms with Gasteiger partial charge in [0.1, 0.15) is 12.1 Å². The summed E-state index contributed by atoms with van der Waals surface area (Å²) in [5.41, 5.74) is 1.81. The minimum absolute atomic E-state index is 0.662. The van der Waals surface area contributed by atoms with E-state index in [9.17, 15) is 0 Å². The maximum atomic E-state index is 5.19. The summed E-state index contributed by atoms with van der Waals surface area (Å²) in [6.45, 7) is 4.59. The number of hydrogen-bond donors (Lipinski definition) is 1. The Hall–Kier alpha value is -2.74. The van der Waals surface area contributed by atoms with E-state index in [2.05, 4.69) is 34.9 Å². The van der Waals surface area contributed by atoms with Crippen molar-refractivity contribution in [2.24, 2.45) is 0 Å². The van der Waals surface area contributed by atoms with Crippen molar-refractivity contribution in [1.29, 1.82) is 0 Å². The van der Waals surface area contributed by atoms with Gasteiger partial charge in [-0.3, -0.25) is 10.00 Å². The molecule has 0 amide bonds. The van der Waals surface area contributed by atoms with Gasteiger partial charge in [0.25, 0.3) is 0 Å². The maximum absolute atomic E-state index is 5.19. The van der Waals surface area contributed by atoms with Crippen LogP contribution in [0.2, 0.25) is 0 Å². The molecule has 0 aliphatic carbocycles. The number of H-pyrrole nitrogens is 1. The third kappa shape index (κ3) is 2.88. The van der Waals surface area contributed by atoms with Gasteiger partial charge in [-0.05, 0) is 6.07 Å². The van der Waals surface area contributed by atoms with Gasteiger partial charge in [-0.2, -0.15) is 5.10 Å². The molecular weight excluding hydrogens is 306 g/mol. The topological polar surface area (TPSA) is 83.1 Å². The predicted molar refractivity (Wildman–Crippen MR) is 90.0 cm³/mol. The van der Waals surface area contributed by atoms with Gasteiger partial charge < -0.3 is 9.64 Å². The molecule has 1 saturated heterocycles. The lowest BCUT2D eigenvalue weighted by Gasteiger charge is -2.35. The number of piperazine rings is 1. The molecule has 0 aromatic carbocycles. The molecule has 3 aromatic rings. The second-order valence-electron chi connectivity index (χ2n) is 5.76. The molecule has 0 bridgehead atoms. The van der Waals surface area contributed by atoms with E-state index >= 15 is 0 Å². The molecule has 1 fully saturated rings. The molecule has 0 atom stereocenters. The Morgan fingerprint density at radius 1 is 1.17 bits per heavy atom. The van der Waals surface area contributed by atoms with Crippen molar-refractivity contribution < 1.29 is 4.74 Å². The van der Waals surface area contributed by atoms with Crippen molar-refractivity contribution in [2.45, 2.75) is 6.54 Å². The predicted octanol–water partition coefficient (Wildman–Crippen LogP) is 1.08. The van der Waals surface area contributed by atoms with Crippen LogP contribution in [0.3, 0.4) is 0 Å². The Kier molecular flexibility index (Phi) is 3.96. The Bertz CT molecular complexity index is 826. The molecular formula is C16H19N7O. The molecule has 4 heterocycles. The number of ether oxygens (including phenoxy) is 1. The average molecular weight is 325 g/mol. The summed E-state index contributed by atoms with van der Waals surface area (Å²) in [5.74, 6) is 1.61. The summed E-state index contributed by atoms with van der Waals surface area (Å²) in [4.78, 5) is 17.8. The summed E-state index contributed by atoms with van der Waals surface area (Å²) in [5, 5.41) is 7.92. The number of pyridine rings is 1. The number of aromatic nitrogens is 5. The second kappa shape index (κ2) is 6.40. The SMILES string of the molecule is COc1cccc(CN2CCN(c3ncnc4[nH]ncc34)CC2)n1. The fraction of sp³-hybridized carbons (Fsp3) is 0.375. The number of nitrogens with zero attached hydrogens (tertiary/aromatic N) is 6. The number of nitrogens with one attached hydrogen (secondary N) is 1. The number of anilines is 1. The fourth-order valence-corrected chi connectivity index (χ4v) is 3.01. The average Bonchev–Trinajstić information content (AvgIpc) is 3.11. The molecule has 8 nitrogen and oxygen atoms in total. The van der Waals surface area contributed by atoms with E-state index in [1.807, 2.05) is 18.2 Å². The zero-order valence-electron chi connectivity index (χ0n) is 13.5. The fourth-order valence-electron chi connectivity index (χ4n) is 3.01. The molecule has 3 aromatic heterocycles. The highest BCUT2D eigenvalue weighted by Gasteiger charge is 2.20. The van der Waals surface area contributed by atoms with E-state index in [-0.39, 0.29) is 0 Å². The van der Waals surface area contributed by atoms with Crippen LogP contribution in [-0.2, 0) is 6.54 Å². The van der Waals surface area contributed by atoms with Gasteiger partial charge in [-0.25, -0.2) is 15.0 Å². The molecule has 0 unspecified atom stereocenters. The van der Waals surface area contributed by atoms with E-state index in [1.54, 1.807) is 19.6 Å². The Labute approximate surface area is 139 Å². The third-order valence-electron chi connectivity index (χ3n) is 4.27. The standard InChI is InChI=1S/C16H19N7O/c1-24-14-4-2-3-12(20-14)10-22-5-7-23(8-6-22)16-13-9-19-21-15(13)17-11-18-16/h2-4,9,11H,5-8,10H2,1H3,(H,17,18,19,21). The molecule has 0 spiro atoms. The van der Waals surface area contributed by atoms with Crippen LogP contribution in [0.4, 0.5) is 5.82 Å². The maximum Gasteiger partial charge on any atom is 0.213 e. The van der Waals surface area contributed by atoms with Crippen LogP contribution in [0.1, 0.15) is 5.69 Å². The molecule has 1 aliphatic rings. The number of rotatable bonds is 4. The smallest absolute Gasteiger partial charge is 0.213 e. The Morgan fingerprint density at radius 2 is 2.04 bits per heavy atom. The first-order valence-electron chi connectivity index (χ1n) is 7.95. The zero-order valence-corrected chi connectivity index (χ0v) is 13.5. The lowest BCUT2D eigenvalue weighted by atomic mass is 10.2. The van der Waals surface area contributed by atoms with Gasteiger partial charge in [0.15, 0.2) is 5.65 Å². The van der Waals surface area contributed by atoms with Crippen LogP contribution in [-0.4, -0.2) is 63.3 Å². The number of methoxy groups -OCH3 is 1. The summed E-state index contributed by atoms with van der Waals surface area (Å²) in [6.07, 6.45) is 3.37. The first-order chi connectivity index (χ1) is 11.8. The summed E-state index contributed by atoms with van der Waals surface area (Å²) >= 11 is 0. The van der Waals surface area contributed by atoms with Crippen LogP contribution in [0, 0.1) is 0 Å². The largest absolute Gasteiger partial charge is 0.481 e. The molecule has 8 heteroatoms. The number of fused-ring (bicyclic) bond motifs is 1. The first-order valence-corrected chi connectivity index (χ1v) is 7.95. The van der Waals surface area contributed by atoms with Crippen LogP contribution in [0.15, 0.2) is 30.7 Å². The van der Waals surface area contributed by atoms with Gasteiger partial charge in [0.2, 0.25) is 5.88 Å². The van der Waals surface area contributed by atoms with Crippen molar-refractivity contribution in [3.8, 4) is 5.88 Å². The van der Waals surface area contributed by atoms with Gasteiger partial charge in [-0.15, -0.1) is 0 Å². The van der Waals surface area contributed by atoms with Crippen molar-refractivity contribution in [2.75, 3.05) is 38.2 Å². The van der Waals surface area contributed by atoms with Gasteiger partial charge in [0.05, 0.1) is 24.4 Å². The Morgan fingerprint density at radius 3 is 2.88 bits per heavy atom. The molecule has 24 heavy (non-hydrogen) atoms. The summed E-state index contributed by atoms with van der Waals surface area (Å²) < 4.78 is 5.19. The number of hydrogen-bond acceptors (Lipinski definition) is 7. The van der Waals surface area contributed by atoms with Crippen LogP contribution in [0.5, 0.6) is 5.88 Å². The Balaban J connectivity index is 1.42. The number of aromatic amines is 1. The van der Waals surface area contributed by atoms with E-state index in [0.29, 0.717) is 5.88 Å². The first kappa shape index (κ1) is 14.8. The van der Waals surface area contributed by atoms with E-state index in [0.717, 1.165) is 55.3 Å². The molecule has 0 saturated carbocycles. The summed E-state index contributed by atoms with van der Waals surface area (Å²) in [7, 11) is 1.64. The monoisotopic (exact) mass is 325 g/mol. The summed E-state index contributed by atoms with van der Waals surface area (Å²) in [6, 6.07) is 5.88. The molecule has 124 valence electrons. The van der Waals surface area contributed by atoms with Gasteiger partial charge >= 0.3 is 0 Å². The lowest BCUT2D eigenvalue weighted by Crippen LogP contribution is -2.46. The second-order valence-corrected chi connectivity index (χ2v) is 5.76. The van der Waals surface area contributed by atoms with Crippen LogP contribution in [0.25, 0.3) is 11.0 Å². The van der Waals surface area contributed by atoms with E-state index < -0.39 is 0 Å². The zero-order chi connectivity index (χ0) is 16.4. The van der Waals surface area contributed by atoms with Crippen LogP contribution < -0.4 is 9.64 Å². The quantitative estimate of drug-likeness (QED) is 0.768. The van der Waals surface area contributed by atoms with Crippen molar-refractivity contribution in [3.63, 3.8) is 0 Å². The normalized spacial score (nSPS) is 15.8. The molecule has 1 N–H and O–H groups in total. The molecule has 4 rings (SSSR count). The van der Waals surface area contributed by atoms with Crippen molar-refractivity contribution in [3.05, 3.63) is 36.4 Å². The molecule has 1 aliphatic heterocycles. The highest BCUT2D eigenvalue weighted by Crippen LogP contribution is 2.22.